The summed E-state index contributed by atoms with van der Waals surface area (Å²) in [6.45, 7) is 0.439. The summed E-state index contributed by atoms with van der Waals surface area (Å²) in [6.07, 6.45) is 0.170. The van der Waals surface area contributed by atoms with E-state index in [4.69, 9.17) is 0 Å². The van der Waals surface area contributed by atoms with Crippen LogP contribution in [0.15, 0.2) is 99.9 Å². The first-order valence-electron chi connectivity index (χ1n) is 11.4. The minimum atomic E-state index is -0.553. The molecule has 0 radical (unpaired) electrons. The first-order chi connectivity index (χ1) is 17.5. The number of benzene rings is 3. The van der Waals surface area contributed by atoms with E-state index in [-0.39, 0.29) is 18.9 Å². The molecule has 0 spiro atoms. The van der Waals surface area contributed by atoms with Crippen LogP contribution in [0.5, 0.6) is 0 Å². The van der Waals surface area contributed by atoms with Crippen LogP contribution in [0.2, 0.25) is 0 Å². The molecular weight excluding hydrogens is 477 g/mol. The number of rotatable bonds is 7. The second-order valence-electron chi connectivity index (χ2n) is 8.34. The molecule has 8 heteroatoms. The van der Waals surface area contributed by atoms with Crippen molar-refractivity contribution in [1.82, 2.24) is 14.5 Å². The monoisotopic (exact) mass is 499 g/mol. The van der Waals surface area contributed by atoms with Gasteiger partial charge in [-0.1, -0.05) is 60.7 Å². The highest BCUT2D eigenvalue weighted by molar-refractivity contribution is 7.17. The zero-order chi connectivity index (χ0) is 25.1. The van der Waals surface area contributed by atoms with Gasteiger partial charge in [0.15, 0.2) is 0 Å². The highest BCUT2D eigenvalue weighted by Crippen LogP contribution is 2.19. The Morgan fingerprint density at radius 1 is 0.861 bits per heavy atom. The number of aromatic nitrogens is 2. The SMILES string of the molecule is O=C(Cc1ccc(-n2c(=O)c3sccc3n(Cc3ccccc3F)c2=O)cc1)NCc1ccccc1. The van der Waals surface area contributed by atoms with Crippen molar-refractivity contribution in [3.05, 3.63) is 134 Å². The van der Waals surface area contributed by atoms with Crippen LogP contribution in [-0.4, -0.2) is 15.0 Å². The highest BCUT2D eigenvalue weighted by atomic mass is 32.1. The molecule has 0 bridgehead atoms. The number of carbonyl (C=O) groups excluding carboxylic acids is 1. The smallest absolute Gasteiger partial charge is 0.336 e. The predicted octanol–water partition coefficient (Wildman–Crippen LogP) is 4.26. The molecule has 5 rings (SSSR count). The molecule has 2 heterocycles. The van der Waals surface area contributed by atoms with Crippen molar-refractivity contribution in [2.45, 2.75) is 19.5 Å². The molecule has 0 atom stereocenters. The van der Waals surface area contributed by atoms with Crippen molar-refractivity contribution >= 4 is 27.5 Å². The van der Waals surface area contributed by atoms with Gasteiger partial charge in [0.05, 0.1) is 24.2 Å². The molecule has 1 amide bonds. The number of halogens is 1. The molecule has 1 N–H and O–H groups in total. The Kier molecular flexibility index (Phi) is 6.60. The van der Waals surface area contributed by atoms with Gasteiger partial charge < -0.3 is 5.32 Å². The quantitative estimate of drug-likeness (QED) is 0.364. The lowest BCUT2D eigenvalue weighted by Crippen LogP contribution is -2.38. The summed E-state index contributed by atoms with van der Waals surface area (Å²) in [6, 6.07) is 24.3. The molecule has 180 valence electrons. The summed E-state index contributed by atoms with van der Waals surface area (Å²) >= 11 is 1.24. The van der Waals surface area contributed by atoms with Gasteiger partial charge in [-0.3, -0.25) is 14.2 Å². The average Bonchev–Trinajstić information content (AvgIpc) is 3.38. The molecule has 2 aromatic heterocycles. The van der Waals surface area contributed by atoms with E-state index < -0.39 is 17.1 Å². The van der Waals surface area contributed by atoms with Crippen molar-refractivity contribution < 1.29 is 9.18 Å². The van der Waals surface area contributed by atoms with Gasteiger partial charge in [-0.15, -0.1) is 11.3 Å². The number of thiophene rings is 1. The standard InChI is InChI=1S/C28H22FN3O3S/c29-23-9-5-4-8-21(23)18-31-24-14-15-36-26(24)27(34)32(28(31)35)22-12-10-19(11-13-22)16-25(33)30-17-20-6-2-1-3-7-20/h1-15H,16-18H2,(H,30,33). The lowest BCUT2D eigenvalue weighted by molar-refractivity contribution is -0.120. The van der Waals surface area contributed by atoms with Gasteiger partial charge >= 0.3 is 5.69 Å². The number of carbonyl (C=O) groups is 1. The maximum absolute atomic E-state index is 14.3. The molecule has 0 fully saturated rings. The number of hydrogen-bond donors (Lipinski definition) is 1. The van der Waals surface area contributed by atoms with Gasteiger partial charge in [-0.05, 0) is 40.8 Å². The molecule has 0 saturated heterocycles. The fraction of sp³-hybridized carbons (Fsp3) is 0.107. The number of hydrogen-bond acceptors (Lipinski definition) is 4. The lowest BCUT2D eigenvalue weighted by atomic mass is 10.1. The number of amides is 1. The van der Waals surface area contributed by atoms with Gasteiger partial charge in [0.1, 0.15) is 10.5 Å². The fourth-order valence-electron chi connectivity index (χ4n) is 4.07. The van der Waals surface area contributed by atoms with E-state index in [1.54, 1.807) is 53.9 Å². The van der Waals surface area contributed by atoms with E-state index >= 15 is 0 Å². The van der Waals surface area contributed by atoms with E-state index in [0.29, 0.717) is 28.0 Å². The molecule has 0 aliphatic heterocycles. The first kappa shape index (κ1) is 23.4. The molecule has 3 aromatic carbocycles. The Balaban J connectivity index is 1.42. The largest absolute Gasteiger partial charge is 0.352 e. The lowest BCUT2D eigenvalue weighted by Gasteiger charge is -2.13. The van der Waals surface area contributed by atoms with Crippen LogP contribution in [-0.2, 0) is 24.3 Å². The maximum Gasteiger partial charge on any atom is 0.336 e. The van der Waals surface area contributed by atoms with Crippen LogP contribution in [0.3, 0.4) is 0 Å². The molecule has 36 heavy (non-hydrogen) atoms. The van der Waals surface area contributed by atoms with Crippen molar-refractivity contribution in [2.24, 2.45) is 0 Å². The minimum absolute atomic E-state index is 0.00130. The summed E-state index contributed by atoms with van der Waals surface area (Å²) in [4.78, 5) is 39.0. The summed E-state index contributed by atoms with van der Waals surface area (Å²) in [5.74, 6) is -0.545. The second-order valence-corrected chi connectivity index (χ2v) is 9.26. The van der Waals surface area contributed by atoms with E-state index in [1.165, 1.54) is 22.0 Å². The van der Waals surface area contributed by atoms with Crippen LogP contribution in [0.1, 0.15) is 16.7 Å². The Labute approximate surface area is 209 Å². The Bertz CT molecular complexity index is 1650. The second kappa shape index (κ2) is 10.1. The van der Waals surface area contributed by atoms with Gasteiger partial charge in [0, 0.05) is 12.1 Å². The zero-order valence-corrected chi connectivity index (χ0v) is 20.0. The van der Waals surface area contributed by atoms with Crippen molar-refractivity contribution in [2.75, 3.05) is 0 Å². The summed E-state index contributed by atoms with van der Waals surface area (Å²) in [5.41, 5.74) is 1.99. The predicted molar refractivity (Wildman–Crippen MR) is 139 cm³/mol. The van der Waals surface area contributed by atoms with E-state index in [1.807, 2.05) is 30.3 Å². The van der Waals surface area contributed by atoms with E-state index in [0.717, 1.165) is 15.7 Å². The molecule has 6 nitrogen and oxygen atoms in total. The van der Waals surface area contributed by atoms with E-state index in [9.17, 15) is 18.8 Å². The van der Waals surface area contributed by atoms with Gasteiger partial charge in [-0.2, -0.15) is 0 Å². The number of fused-ring (bicyclic) bond motifs is 1. The van der Waals surface area contributed by atoms with Crippen LogP contribution < -0.4 is 16.6 Å². The summed E-state index contributed by atoms with van der Waals surface area (Å²) in [5, 5.41) is 4.63. The van der Waals surface area contributed by atoms with Gasteiger partial charge in [0.25, 0.3) is 5.56 Å². The normalized spacial score (nSPS) is 11.0. The van der Waals surface area contributed by atoms with Gasteiger partial charge in [0.2, 0.25) is 5.91 Å². The number of nitrogens with one attached hydrogen (secondary N) is 1. The molecule has 0 aliphatic carbocycles. The topological polar surface area (TPSA) is 73.1 Å². The van der Waals surface area contributed by atoms with Crippen LogP contribution in [0.25, 0.3) is 15.9 Å². The average molecular weight is 500 g/mol. The summed E-state index contributed by atoms with van der Waals surface area (Å²) in [7, 11) is 0. The van der Waals surface area contributed by atoms with E-state index in [2.05, 4.69) is 5.32 Å². The molecule has 0 unspecified atom stereocenters. The zero-order valence-electron chi connectivity index (χ0n) is 19.2. The Hall–Kier alpha value is -4.30. The Morgan fingerprint density at radius 2 is 1.58 bits per heavy atom. The van der Waals surface area contributed by atoms with Crippen LogP contribution in [0.4, 0.5) is 4.39 Å². The van der Waals surface area contributed by atoms with Crippen molar-refractivity contribution in [3.63, 3.8) is 0 Å². The maximum atomic E-state index is 14.3. The minimum Gasteiger partial charge on any atom is -0.352 e. The van der Waals surface area contributed by atoms with Gasteiger partial charge in [-0.25, -0.2) is 13.8 Å². The highest BCUT2D eigenvalue weighted by Gasteiger charge is 2.17. The van der Waals surface area contributed by atoms with Crippen LogP contribution in [0, 0.1) is 5.82 Å². The first-order valence-corrected chi connectivity index (χ1v) is 12.3. The third-order valence-electron chi connectivity index (χ3n) is 5.93. The van der Waals surface area contributed by atoms with Crippen LogP contribution >= 0.6 is 11.3 Å². The van der Waals surface area contributed by atoms with Crippen molar-refractivity contribution in [1.29, 1.82) is 0 Å². The fourth-order valence-corrected chi connectivity index (χ4v) is 4.90. The molecule has 0 aliphatic rings. The molecule has 0 saturated carbocycles. The Morgan fingerprint density at radius 3 is 2.33 bits per heavy atom. The third kappa shape index (κ3) is 4.76. The molecular formula is C28H22FN3O3S. The summed E-state index contributed by atoms with van der Waals surface area (Å²) < 4.78 is 17.2. The number of nitrogens with zero attached hydrogens (tertiary/aromatic N) is 2. The van der Waals surface area contributed by atoms with Crippen molar-refractivity contribution in [3.8, 4) is 5.69 Å². The third-order valence-corrected chi connectivity index (χ3v) is 6.82. The molecule has 5 aromatic rings.